The van der Waals surface area contributed by atoms with Crippen LogP contribution in [-0.4, -0.2) is 15.0 Å². The Morgan fingerprint density at radius 1 is 0.349 bits per heavy atom. The van der Waals surface area contributed by atoms with Crippen molar-refractivity contribution in [3.8, 4) is 56.4 Å². The zero-order valence-electron chi connectivity index (χ0n) is 23.2. The third-order valence-electron chi connectivity index (χ3n) is 7.74. The van der Waals surface area contributed by atoms with Crippen LogP contribution in [0.3, 0.4) is 0 Å². The lowest BCUT2D eigenvalue weighted by atomic mass is 9.94. The van der Waals surface area contributed by atoms with Crippen LogP contribution in [0.25, 0.3) is 78.4 Å². The second-order valence-corrected chi connectivity index (χ2v) is 10.5. The van der Waals surface area contributed by atoms with Gasteiger partial charge >= 0.3 is 0 Å². The van der Waals surface area contributed by atoms with Crippen molar-refractivity contribution in [2.75, 3.05) is 0 Å². The highest BCUT2D eigenvalue weighted by molar-refractivity contribution is 6.13. The van der Waals surface area contributed by atoms with Crippen LogP contribution < -0.4 is 0 Å². The van der Waals surface area contributed by atoms with Gasteiger partial charge in [0.15, 0.2) is 17.5 Å². The Bertz CT molecular complexity index is 2150. The molecule has 0 spiro atoms. The van der Waals surface area contributed by atoms with Gasteiger partial charge in [-0.05, 0) is 40.5 Å². The summed E-state index contributed by atoms with van der Waals surface area (Å²) >= 11 is 0. The number of hydrogen-bond donors (Lipinski definition) is 0. The van der Waals surface area contributed by atoms with Gasteiger partial charge in [-0.15, -0.1) is 0 Å². The highest BCUT2D eigenvalue weighted by atomic mass is 16.3. The van der Waals surface area contributed by atoms with E-state index in [1.54, 1.807) is 0 Å². The monoisotopic (exact) mass is 551 g/mol. The zero-order valence-corrected chi connectivity index (χ0v) is 23.2. The van der Waals surface area contributed by atoms with Crippen molar-refractivity contribution in [2.45, 2.75) is 0 Å². The van der Waals surface area contributed by atoms with Crippen LogP contribution in [-0.2, 0) is 0 Å². The number of fused-ring (bicyclic) bond motifs is 3. The summed E-state index contributed by atoms with van der Waals surface area (Å²) < 4.78 is 6.35. The molecule has 0 aliphatic heterocycles. The minimum Gasteiger partial charge on any atom is -0.456 e. The molecule has 8 aromatic rings. The maximum atomic E-state index is 6.35. The van der Waals surface area contributed by atoms with Crippen molar-refractivity contribution >= 4 is 21.9 Å². The van der Waals surface area contributed by atoms with Crippen molar-refractivity contribution in [1.29, 1.82) is 0 Å². The maximum absolute atomic E-state index is 6.35. The average molecular weight is 552 g/mol. The summed E-state index contributed by atoms with van der Waals surface area (Å²) in [4.78, 5) is 14.6. The molecule has 0 saturated carbocycles. The molecule has 0 fully saturated rings. The standard InChI is InChI=1S/C39H25N3O/c1-4-12-26(13-5-1)31-24-33(36-32-18-10-11-19-34(32)43-35(36)25-31)27-20-22-30(23-21-27)39-41-37(28-14-6-2-7-15-28)40-38(42-39)29-16-8-3-9-17-29/h1-25H. The summed E-state index contributed by atoms with van der Waals surface area (Å²) in [6.07, 6.45) is 0. The molecule has 0 unspecified atom stereocenters. The first-order chi connectivity index (χ1) is 21.3. The summed E-state index contributed by atoms with van der Waals surface area (Å²) in [5, 5.41) is 2.22. The van der Waals surface area contributed by atoms with Crippen LogP contribution in [0.2, 0.25) is 0 Å². The van der Waals surface area contributed by atoms with Gasteiger partial charge in [0.05, 0.1) is 0 Å². The Morgan fingerprint density at radius 3 is 1.40 bits per heavy atom. The number of rotatable bonds is 5. The Kier molecular flexibility index (Phi) is 6.08. The van der Waals surface area contributed by atoms with E-state index in [2.05, 4.69) is 72.8 Å². The SMILES string of the molecule is c1ccc(-c2cc(-c3ccc(-c4nc(-c5ccccc5)nc(-c5ccccc5)n4)cc3)c3c(c2)oc2ccccc23)cc1. The van der Waals surface area contributed by atoms with Crippen LogP contribution >= 0.6 is 0 Å². The van der Waals surface area contributed by atoms with Crippen LogP contribution in [0.15, 0.2) is 156 Å². The first-order valence-electron chi connectivity index (χ1n) is 14.3. The maximum Gasteiger partial charge on any atom is 0.164 e. The Labute approximate surface area is 249 Å². The highest BCUT2D eigenvalue weighted by Crippen LogP contribution is 2.40. The van der Waals surface area contributed by atoms with Crippen molar-refractivity contribution < 1.29 is 4.42 Å². The molecule has 0 radical (unpaired) electrons. The van der Waals surface area contributed by atoms with E-state index in [1.807, 2.05) is 78.9 Å². The van der Waals surface area contributed by atoms with Crippen molar-refractivity contribution in [3.63, 3.8) is 0 Å². The van der Waals surface area contributed by atoms with E-state index in [0.29, 0.717) is 17.5 Å². The van der Waals surface area contributed by atoms with E-state index < -0.39 is 0 Å². The van der Waals surface area contributed by atoms with Gasteiger partial charge in [-0.3, -0.25) is 0 Å². The quantitative estimate of drug-likeness (QED) is 0.214. The number of furan rings is 1. The molecule has 0 N–H and O–H groups in total. The van der Waals surface area contributed by atoms with Gasteiger partial charge in [0.1, 0.15) is 11.2 Å². The Balaban J connectivity index is 1.27. The predicted molar refractivity (Wildman–Crippen MR) is 174 cm³/mol. The van der Waals surface area contributed by atoms with Gasteiger partial charge in [-0.1, -0.05) is 133 Å². The Morgan fingerprint density at radius 2 is 0.814 bits per heavy atom. The number of hydrogen-bond acceptors (Lipinski definition) is 4. The topological polar surface area (TPSA) is 51.8 Å². The second-order valence-electron chi connectivity index (χ2n) is 10.5. The lowest BCUT2D eigenvalue weighted by Crippen LogP contribution is -2.00. The van der Waals surface area contributed by atoms with Gasteiger partial charge in [-0.2, -0.15) is 0 Å². The molecule has 0 aliphatic rings. The fraction of sp³-hybridized carbons (Fsp3) is 0. The minimum absolute atomic E-state index is 0.635. The molecule has 0 saturated heterocycles. The molecule has 0 aliphatic carbocycles. The number of para-hydroxylation sites is 1. The third kappa shape index (κ3) is 4.65. The number of nitrogens with zero attached hydrogens (tertiary/aromatic N) is 3. The highest BCUT2D eigenvalue weighted by Gasteiger charge is 2.16. The first kappa shape index (κ1) is 24.9. The molecule has 2 aromatic heterocycles. The lowest BCUT2D eigenvalue weighted by molar-refractivity contribution is 0.669. The Hall–Kier alpha value is -5.87. The second kappa shape index (κ2) is 10.5. The van der Waals surface area contributed by atoms with Gasteiger partial charge in [0.25, 0.3) is 0 Å². The number of benzene rings is 6. The molecule has 0 bridgehead atoms. The predicted octanol–water partition coefficient (Wildman–Crippen LogP) is 10.1. The fourth-order valence-electron chi connectivity index (χ4n) is 5.62. The molecule has 6 aromatic carbocycles. The van der Waals surface area contributed by atoms with Crippen LogP contribution in [0.5, 0.6) is 0 Å². The summed E-state index contributed by atoms with van der Waals surface area (Å²) in [6.45, 7) is 0. The van der Waals surface area contributed by atoms with E-state index in [0.717, 1.165) is 60.9 Å². The van der Waals surface area contributed by atoms with Gasteiger partial charge in [-0.25, -0.2) is 15.0 Å². The largest absolute Gasteiger partial charge is 0.456 e. The zero-order chi connectivity index (χ0) is 28.6. The molecule has 0 atom stereocenters. The van der Waals surface area contributed by atoms with E-state index in [1.165, 1.54) is 0 Å². The smallest absolute Gasteiger partial charge is 0.164 e. The molecular formula is C39H25N3O. The normalized spacial score (nSPS) is 11.3. The van der Waals surface area contributed by atoms with Crippen LogP contribution in [0, 0.1) is 0 Å². The molecular weight excluding hydrogens is 526 g/mol. The molecule has 202 valence electrons. The average Bonchev–Trinajstić information content (AvgIpc) is 3.48. The molecule has 2 heterocycles. The van der Waals surface area contributed by atoms with Crippen molar-refractivity contribution in [2.24, 2.45) is 0 Å². The summed E-state index contributed by atoms with van der Waals surface area (Å²) in [6, 6.07) is 51.6. The molecule has 4 nitrogen and oxygen atoms in total. The minimum atomic E-state index is 0.635. The van der Waals surface area contributed by atoms with E-state index in [9.17, 15) is 0 Å². The number of aromatic nitrogens is 3. The van der Waals surface area contributed by atoms with E-state index in [-0.39, 0.29) is 0 Å². The summed E-state index contributed by atoms with van der Waals surface area (Å²) in [5.74, 6) is 1.93. The van der Waals surface area contributed by atoms with Crippen molar-refractivity contribution in [3.05, 3.63) is 152 Å². The first-order valence-corrected chi connectivity index (χ1v) is 14.3. The summed E-state index contributed by atoms with van der Waals surface area (Å²) in [7, 11) is 0. The lowest BCUT2D eigenvalue weighted by Gasteiger charge is -2.11. The fourth-order valence-corrected chi connectivity index (χ4v) is 5.62. The van der Waals surface area contributed by atoms with Gasteiger partial charge < -0.3 is 4.42 Å². The summed E-state index contributed by atoms with van der Waals surface area (Å²) in [5.41, 5.74) is 9.06. The van der Waals surface area contributed by atoms with E-state index >= 15 is 0 Å². The van der Waals surface area contributed by atoms with Gasteiger partial charge in [0, 0.05) is 27.5 Å². The molecule has 0 amide bonds. The van der Waals surface area contributed by atoms with Gasteiger partial charge in [0.2, 0.25) is 0 Å². The molecule has 43 heavy (non-hydrogen) atoms. The molecule has 8 rings (SSSR count). The molecule has 4 heteroatoms. The third-order valence-corrected chi connectivity index (χ3v) is 7.74. The van der Waals surface area contributed by atoms with Crippen LogP contribution in [0.1, 0.15) is 0 Å². The van der Waals surface area contributed by atoms with Crippen LogP contribution in [0.4, 0.5) is 0 Å². The van der Waals surface area contributed by atoms with Crippen molar-refractivity contribution in [1.82, 2.24) is 15.0 Å². The van der Waals surface area contributed by atoms with E-state index in [4.69, 9.17) is 19.4 Å².